The first kappa shape index (κ1) is 11.0. The highest BCUT2D eigenvalue weighted by atomic mass is 32.1. The maximum absolute atomic E-state index is 9.38. The molecule has 0 saturated carbocycles. The summed E-state index contributed by atoms with van der Waals surface area (Å²) < 4.78 is 1.17. The third-order valence-corrected chi connectivity index (χ3v) is 4.24. The Hall–Kier alpha value is -2.11. The van der Waals surface area contributed by atoms with Gasteiger partial charge in [-0.1, -0.05) is 48.0 Å². The molecule has 2 aromatic carbocycles. The van der Waals surface area contributed by atoms with Crippen LogP contribution in [-0.2, 0) is 0 Å². The van der Waals surface area contributed by atoms with Crippen molar-refractivity contribution in [1.82, 2.24) is 0 Å². The third kappa shape index (κ3) is 1.70. The topological polar surface area (TPSA) is 23.8 Å². The molecule has 1 heterocycles. The molecular formula is C16H11NS. The van der Waals surface area contributed by atoms with E-state index in [4.69, 9.17) is 0 Å². The molecule has 3 aromatic rings. The standard InChI is InChI=1S/C16H11NS/c1-11-6-8-12(9-7-11)16-14(10-17)13-4-2-3-5-15(13)18-16/h2-9H,1H3. The molecule has 0 amide bonds. The predicted octanol–water partition coefficient (Wildman–Crippen LogP) is 4.75. The first-order chi connectivity index (χ1) is 8.79. The minimum absolute atomic E-state index is 0.791. The summed E-state index contributed by atoms with van der Waals surface area (Å²) in [7, 11) is 0. The first-order valence-electron chi connectivity index (χ1n) is 5.78. The van der Waals surface area contributed by atoms with Gasteiger partial charge >= 0.3 is 0 Å². The molecule has 3 rings (SSSR count). The zero-order valence-corrected chi connectivity index (χ0v) is 10.8. The van der Waals surface area contributed by atoms with Gasteiger partial charge in [-0.2, -0.15) is 5.26 Å². The van der Waals surface area contributed by atoms with Gasteiger partial charge in [0.15, 0.2) is 0 Å². The number of thiophene rings is 1. The zero-order chi connectivity index (χ0) is 12.5. The Morgan fingerprint density at radius 3 is 2.44 bits per heavy atom. The van der Waals surface area contributed by atoms with Crippen molar-refractivity contribution >= 4 is 21.4 Å². The van der Waals surface area contributed by atoms with Crippen LogP contribution in [0.25, 0.3) is 20.5 Å². The predicted molar refractivity (Wildman–Crippen MR) is 76.7 cm³/mol. The summed E-state index contributed by atoms with van der Waals surface area (Å²) in [5, 5.41) is 10.4. The molecule has 0 bridgehead atoms. The van der Waals surface area contributed by atoms with E-state index in [1.165, 1.54) is 10.3 Å². The minimum Gasteiger partial charge on any atom is -0.192 e. The molecule has 1 aromatic heterocycles. The van der Waals surface area contributed by atoms with E-state index in [1.54, 1.807) is 11.3 Å². The zero-order valence-electron chi connectivity index (χ0n) is 9.97. The molecule has 0 saturated heterocycles. The van der Waals surface area contributed by atoms with Gasteiger partial charge in [0.1, 0.15) is 6.07 Å². The Labute approximate surface area is 110 Å². The van der Waals surface area contributed by atoms with E-state index >= 15 is 0 Å². The van der Waals surface area contributed by atoms with Gasteiger partial charge in [0.2, 0.25) is 0 Å². The number of aryl methyl sites for hydroxylation is 1. The van der Waals surface area contributed by atoms with E-state index in [1.807, 2.05) is 18.2 Å². The molecular weight excluding hydrogens is 238 g/mol. The van der Waals surface area contributed by atoms with E-state index in [-0.39, 0.29) is 0 Å². The molecule has 0 atom stereocenters. The Bertz CT molecular complexity index is 745. The molecule has 0 aliphatic rings. The number of nitrogens with zero attached hydrogens (tertiary/aromatic N) is 1. The Balaban J connectivity index is 2.29. The lowest BCUT2D eigenvalue weighted by atomic mass is 10.1. The monoisotopic (exact) mass is 249 g/mol. The van der Waals surface area contributed by atoms with Crippen LogP contribution in [0, 0.1) is 18.3 Å². The fourth-order valence-electron chi connectivity index (χ4n) is 2.06. The molecule has 1 nitrogen and oxygen atoms in total. The van der Waals surface area contributed by atoms with Crippen molar-refractivity contribution in [2.75, 3.05) is 0 Å². The molecule has 0 spiro atoms. The van der Waals surface area contributed by atoms with Crippen molar-refractivity contribution in [3.8, 4) is 16.5 Å². The van der Waals surface area contributed by atoms with E-state index in [0.29, 0.717) is 0 Å². The van der Waals surface area contributed by atoms with Gasteiger partial charge in [-0.3, -0.25) is 0 Å². The van der Waals surface area contributed by atoms with Gasteiger partial charge in [0.05, 0.1) is 10.4 Å². The van der Waals surface area contributed by atoms with Gasteiger partial charge < -0.3 is 0 Å². The average molecular weight is 249 g/mol. The third-order valence-electron chi connectivity index (χ3n) is 3.02. The fraction of sp³-hybridized carbons (Fsp3) is 0.0625. The lowest BCUT2D eigenvalue weighted by molar-refractivity contribution is 1.47. The minimum atomic E-state index is 0.791. The van der Waals surface area contributed by atoms with E-state index < -0.39 is 0 Å². The van der Waals surface area contributed by atoms with Crippen molar-refractivity contribution < 1.29 is 0 Å². The largest absolute Gasteiger partial charge is 0.192 e. The van der Waals surface area contributed by atoms with Crippen LogP contribution in [0.2, 0.25) is 0 Å². The number of hydrogen-bond acceptors (Lipinski definition) is 2. The molecule has 0 N–H and O–H groups in total. The van der Waals surface area contributed by atoms with Gasteiger partial charge in [0, 0.05) is 10.1 Å². The Kier molecular flexibility index (Phi) is 2.62. The lowest BCUT2D eigenvalue weighted by Crippen LogP contribution is -1.78. The number of benzene rings is 2. The van der Waals surface area contributed by atoms with E-state index in [9.17, 15) is 5.26 Å². The van der Waals surface area contributed by atoms with E-state index in [0.717, 1.165) is 21.4 Å². The maximum atomic E-state index is 9.38. The highest BCUT2D eigenvalue weighted by Gasteiger charge is 2.12. The summed E-state index contributed by atoms with van der Waals surface area (Å²) >= 11 is 1.68. The normalized spacial score (nSPS) is 10.4. The second-order valence-electron chi connectivity index (χ2n) is 4.28. The fourth-order valence-corrected chi connectivity index (χ4v) is 3.22. The average Bonchev–Trinajstić information content (AvgIpc) is 2.78. The number of fused-ring (bicyclic) bond motifs is 1. The lowest BCUT2D eigenvalue weighted by Gasteiger charge is -1.99. The Morgan fingerprint density at radius 2 is 1.72 bits per heavy atom. The van der Waals surface area contributed by atoms with Crippen LogP contribution in [0.3, 0.4) is 0 Å². The Morgan fingerprint density at radius 1 is 1.00 bits per heavy atom. The molecule has 0 aliphatic carbocycles. The van der Waals surface area contributed by atoms with Crippen LogP contribution in [-0.4, -0.2) is 0 Å². The molecule has 86 valence electrons. The summed E-state index contributed by atoms with van der Waals surface area (Å²) in [6.45, 7) is 2.07. The molecule has 0 unspecified atom stereocenters. The van der Waals surface area contributed by atoms with Crippen molar-refractivity contribution in [3.05, 3.63) is 59.7 Å². The molecule has 0 radical (unpaired) electrons. The summed E-state index contributed by atoms with van der Waals surface area (Å²) in [6.07, 6.45) is 0. The van der Waals surface area contributed by atoms with E-state index in [2.05, 4.69) is 43.3 Å². The van der Waals surface area contributed by atoms with Crippen LogP contribution in [0.1, 0.15) is 11.1 Å². The first-order valence-corrected chi connectivity index (χ1v) is 6.60. The van der Waals surface area contributed by atoms with Gasteiger partial charge in [-0.15, -0.1) is 11.3 Å². The number of nitriles is 1. The molecule has 0 fully saturated rings. The second kappa shape index (κ2) is 4.29. The molecule has 2 heteroatoms. The highest BCUT2D eigenvalue weighted by Crippen LogP contribution is 2.37. The van der Waals surface area contributed by atoms with Crippen molar-refractivity contribution in [3.63, 3.8) is 0 Å². The van der Waals surface area contributed by atoms with Crippen molar-refractivity contribution in [1.29, 1.82) is 5.26 Å². The maximum Gasteiger partial charge on any atom is 0.101 e. The summed E-state index contributed by atoms with van der Waals surface area (Å²) in [5.41, 5.74) is 3.15. The molecule has 0 aliphatic heterocycles. The van der Waals surface area contributed by atoms with Crippen LogP contribution in [0.4, 0.5) is 0 Å². The van der Waals surface area contributed by atoms with Crippen molar-refractivity contribution in [2.45, 2.75) is 6.92 Å². The smallest absolute Gasteiger partial charge is 0.101 e. The quantitative estimate of drug-likeness (QED) is 0.610. The van der Waals surface area contributed by atoms with Crippen LogP contribution < -0.4 is 0 Å². The number of hydrogen-bond donors (Lipinski definition) is 0. The van der Waals surface area contributed by atoms with Gasteiger partial charge in [0.25, 0.3) is 0 Å². The second-order valence-corrected chi connectivity index (χ2v) is 5.33. The van der Waals surface area contributed by atoms with Gasteiger partial charge in [-0.05, 0) is 18.6 Å². The summed E-state index contributed by atoms with van der Waals surface area (Å²) in [6, 6.07) is 18.8. The van der Waals surface area contributed by atoms with Crippen LogP contribution in [0.15, 0.2) is 48.5 Å². The van der Waals surface area contributed by atoms with Crippen molar-refractivity contribution in [2.24, 2.45) is 0 Å². The highest BCUT2D eigenvalue weighted by molar-refractivity contribution is 7.22. The molecule has 18 heavy (non-hydrogen) atoms. The number of rotatable bonds is 1. The van der Waals surface area contributed by atoms with Crippen LogP contribution >= 0.6 is 11.3 Å². The van der Waals surface area contributed by atoms with Crippen LogP contribution in [0.5, 0.6) is 0 Å². The SMILES string of the molecule is Cc1ccc(-c2sc3ccccc3c2C#N)cc1. The summed E-state index contributed by atoms with van der Waals surface area (Å²) in [4.78, 5) is 1.07. The van der Waals surface area contributed by atoms with Gasteiger partial charge in [-0.25, -0.2) is 0 Å². The summed E-state index contributed by atoms with van der Waals surface area (Å²) in [5.74, 6) is 0.